The molecule has 2 heterocycles. The van der Waals surface area contributed by atoms with Crippen LogP contribution in [0.2, 0.25) is 5.15 Å². The zero-order valence-corrected chi connectivity index (χ0v) is 15.4. The summed E-state index contributed by atoms with van der Waals surface area (Å²) in [4.78, 5) is 12.5. The van der Waals surface area contributed by atoms with Crippen LogP contribution in [0.15, 0.2) is 18.2 Å². The van der Waals surface area contributed by atoms with Gasteiger partial charge < -0.3 is 10.1 Å². The van der Waals surface area contributed by atoms with E-state index < -0.39 is 0 Å². The Balaban J connectivity index is 1.85. The van der Waals surface area contributed by atoms with Crippen molar-refractivity contribution in [1.29, 1.82) is 0 Å². The number of aromatic nitrogens is 2. The number of nitrogens with zero attached hydrogens (tertiary/aromatic N) is 2. The largest absolute Gasteiger partial charge is 0.363 e. The Bertz CT molecular complexity index is 811. The molecule has 128 valence electrons. The molecule has 1 unspecified atom stereocenters. The molecule has 0 aliphatic carbocycles. The quantitative estimate of drug-likeness (QED) is 0.916. The molecule has 1 aromatic carbocycles. The number of halogens is 1. The van der Waals surface area contributed by atoms with Gasteiger partial charge in [-0.1, -0.05) is 23.7 Å². The molecular weight excluding hydrogens is 326 g/mol. The first kappa shape index (κ1) is 17.0. The summed E-state index contributed by atoms with van der Waals surface area (Å²) >= 11 is 6.22. The average Bonchev–Trinajstić information content (AvgIpc) is 2.87. The molecule has 24 heavy (non-hydrogen) atoms. The number of fused-ring (bicyclic) bond motifs is 1. The third-order valence-corrected chi connectivity index (χ3v) is 4.99. The second-order valence-corrected chi connectivity index (χ2v) is 7.10. The van der Waals surface area contributed by atoms with Gasteiger partial charge in [-0.05, 0) is 39.3 Å². The van der Waals surface area contributed by atoms with Gasteiger partial charge in [0.2, 0.25) is 5.91 Å². The standard InChI is InChI=1S/C18H22ClN3O2/c1-10-12(17(19)22(5)21-10)9-15(23)20-14-8-6-7-13-16(14)11(2)24-18(13,3)4/h6-8,11H,9H2,1-5H3,(H,20,23). The van der Waals surface area contributed by atoms with Gasteiger partial charge in [0, 0.05) is 23.9 Å². The summed E-state index contributed by atoms with van der Waals surface area (Å²) in [5, 5.41) is 7.75. The maximum atomic E-state index is 12.5. The maximum Gasteiger partial charge on any atom is 0.228 e. The van der Waals surface area contributed by atoms with Gasteiger partial charge in [0.25, 0.3) is 0 Å². The number of nitrogens with one attached hydrogen (secondary N) is 1. The molecule has 2 aromatic rings. The molecule has 0 fully saturated rings. The van der Waals surface area contributed by atoms with Gasteiger partial charge in [0.15, 0.2) is 0 Å². The van der Waals surface area contributed by atoms with Crippen molar-refractivity contribution in [3.8, 4) is 0 Å². The maximum absolute atomic E-state index is 12.5. The van der Waals surface area contributed by atoms with Crippen molar-refractivity contribution in [3.05, 3.63) is 45.7 Å². The SMILES string of the molecule is Cc1nn(C)c(Cl)c1CC(=O)Nc1cccc2c1C(C)OC2(C)C. The summed E-state index contributed by atoms with van der Waals surface area (Å²) < 4.78 is 7.60. The zero-order valence-electron chi connectivity index (χ0n) is 14.6. The van der Waals surface area contributed by atoms with Gasteiger partial charge in [-0.25, -0.2) is 0 Å². The van der Waals surface area contributed by atoms with Crippen LogP contribution in [0.25, 0.3) is 0 Å². The lowest BCUT2D eigenvalue weighted by molar-refractivity contribution is -0.115. The van der Waals surface area contributed by atoms with Gasteiger partial charge in [-0.2, -0.15) is 5.10 Å². The molecule has 5 nitrogen and oxygen atoms in total. The van der Waals surface area contributed by atoms with Gasteiger partial charge >= 0.3 is 0 Å². The molecule has 0 radical (unpaired) electrons. The number of hydrogen-bond donors (Lipinski definition) is 1. The molecule has 1 atom stereocenters. The molecule has 3 rings (SSSR count). The Kier molecular flexibility index (Phi) is 4.18. The van der Waals surface area contributed by atoms with Gasteiger partial charge in [0.1, 0.15) is 5.15 Å². The highest BCUT2D eigenvalue weighted by Gasteiger charge is 2.37. The minimum absolute atomic E-state index is 0.0600. The van der Waals surface area contributed by atoms with E-state index in [4.69, 9.17) is 16.3 Å². The van der Waals surface area contributed by atoms with Crippen molar-refractivity contribution in [2.24, 2.45) is 7.05 Å². The summed E-state index contributed by atoms with van der Waals surface area (Å²) in [6.07, 6.45) is 0.135. The third-order valence-electron chi connectivity index (χ3n) is 4.51. The van der Waals surface area contributed by atoms with E-state index in [9.17, 15) is 4.79 Å². The summed E-state index contributed by atoms with van der Waals surface area (Å²) in [6.45, 7) is 7.94. The van der Waals surface area contributed by atoms with Crippen molar-refractivity contribution in [2.45, 2.75) is 45.8 Å². The number of carbonyl (C=O) groups is 1. The van der Waals surface area contributed by atoms with E-state index in [1.54, 1.807) is 11.7 Å². The minimum Gasteiger partial charge on any atom is -0.363 e. The number of carbonyl (C=O) groups excluding carboxylic acids is 1. The first-order chi connectivity index (χ1) is 11.2. The molecule has 0 saturated carbocycles. The van der Waals surface area contributed by atoms with Gasteiger partial charge in [0.05, 0.1) is 23.8 Å². The number of ether oxygens (including phenoxy) is 1. The molecule has 6 heteroatoms. The van der Waals surface area contributed by atoms with Crippen LogP contribution in [0, 0.1) is 6.92 Å². The Morgan fingerprint density at radius 1 is 1.46 bits per heavy atom. The number of rotatable bonds is 3. The summed E-state index contributed by atoms with van der Waals surface area (Å²) in [5.74, 6) is -0.113. The van der Waals surface area contributed by atoms with E-state index in [1.165, 1.54) is 0 Å². The molecule has 1 aliphatic rings. The van der Waals surface area contributed by atoms with Gasteiger partial charge in [-0.15, -0.1) is 0 Å². The predicted molar refractivity (Wildman–Crippen MR) is 94.3 cm³/mol. The van der Waals surface area contributed by atoms with Crippen molar-refractivity contribution in [2.75, 3.05) is 5.32 Å². The normalized spacial score (nSPS) is 18.5. The van der Waals surface area contributed by atoms with E-state index >= 15 is 0 Å². The fourth-order valence-corrected chi connectivity index (χ4v) is 3.67. The lowest BCUT2D eigenvalue weighted by atomic mass is 9.93. The predicted octanol–water partition coefficient (Wildman–Crippen LogP) is 3.89. The van der Waals surface area contributed by atoms with E-state index in [1.807, 2.05) is 39.8 Å². The molecule has 0 bridgehead atoms. The monoisotopic (exact) mass is 347 g/mol. The highest BCUT2D eigenvalue weighted by molar-refractivity contribution is 6.30. The van der Waals surface area contributed by atoms with Crippen LogP contribution >= 0.6 is 11.6 Å². The number of benzene rings is 1. The molecule has 0 saturated heterocycles. The Morgan fingerprint density at radius 2 is 2.17 bits per heavy atom. The van der Waals surface area contributed by atoms with Crippen LogP contribution in [0.4, 0.5) is 5.69 Å². The van der Waals surface area contributed by atoms with E-state index in [0.717, 1.165) is 28.1 Å². The van der Waals surface area contributed by atoms with Crippen molar-refractivity contribution in [1.82, 2.24) is 9.78 Å². The van der Waals surface area contributed by atoms with Crippen LogP contribution in [-0.2, 0) is 28.6 Å². The fourth-order valence-electron chi connectivity index (χ4n) is 3.43. The van der Waals surface area contributed by atoms with Crippen molar-refractivity contribution >= 4 is 23.2 Å². The first-order valence-corrected chi connectivity index (χ1v) is 8.37. The van der Waals surface area contributed by atoms with E-state index in [0.29, 0.717) is 5.15 Å². The highest BCUT2D eigenvalue weighted by atomic mass is 35.5. The summed E-state index contributed by atoms with van der Waals surface area (Å²) in [5.41, 5.74) is 4.14. The minimum atomic E-state index is -0.348. The second kappa shape index (κ2) is 5.90. The third kappa shape index (κ3) is 2.82. The van der Waals surface area contributed by atoms with Crippen LogP contribution in [0.1, 0.15) is 49.3 Å². The van der Waals surface area contributed by atoms with Crippen LogP contribution in [-0.4, -0.2) is 15.7 Å². The van der Waals surface area contributed by atoms with Crippen LogP contribution < -0.4 is 5.32 Å². The van der Waals surface area contributed by atoms with E-state index in [-0.39, 0.29) is 24.0 Å². The number of hydrogen-bond acceptors (Lipinski definition) is 3. The average molecular weight is 348 g/mol. The molecular formula is C18H22ClN3O2. The molecule has 0 spiro atoms. The topological polar surface area (TPSA) is 56.2 Å². The first-order valence-electron chi connectivity index (χ1n) is 7.99. The van der Waals surface area contributed by atoms with Gasteiger partial charge in [-0.3, -0.25) is 9.48 Å². The Hall–Kier alpha value is -1.85. The molecule has 1 amide bonds. The van der Waals surface area contributed by atoms with Crippen LogP contribution in [0.3, 0.4) is 0 Å². The lowest BCUT2D eigenvalue weighted by Crippen LogP contribution is -2.17. The second-order valence-electron chi connectivity index (χ2n) is 6.74. The lowest BCUT2D eigenvalue weighted by Gasteiger charge is -2.19. The van der Waals surface area contributed by atoms with Crippen molar-refractivity contribution < 1.29 is 9.53 Å². The smallest absolute Gasteiger partial charge is 0.228 e. The molecule has 1 N–H and O–H groups in total. The number of anilines is 1. The summed E-state index contributed by atoms with van der Waals surface area (Å²) in [6, 6.07) is 5.91. The molecule has 1 aromatic heterocycles. The number of aryl methyl sites for hydroxylation is 2. The Morgan fingerprint density at radius 3 is 2.79 bits per heavy atom. The fraction of sp³-hybridized carbons (Fsp3) is 0.444. The van der Waals surface area contributed by atoms with Crippen LogP contribution in [0.5, 0.6) is 0 Å². The highest BCUT2D eigenvalue weighted by Crippen LogP contribution is 2.46. The van der Waals surface area contributed by atoms with Crippen molar-refractivity contribution in [3.63, 3.8) is 0 Å². The zero-order chi connectivity index (χ0) is 17.6. The van der Waals surface area contributed by atoms with E-state index in [2.05, 4.69) is 16.5 Å². The molecule has 1 aliphatic heterocycles. The Labute approximate surface area is 147 Å². The summed E-state index contributed by atoms with van der Waals surface area (Å²) in [7, 11) is 1.77. The number of amides is 1.